The number of esters is 1. The standard InChI is InChI=1S/C18H21F2NO7S/c1-21(13-7-8-29(24,25)11-13)16(22)10-27-17(23)6-4-12-3-5-14(28-18(19)20)15(9-12)26-2/h3-6,9,13,18H,7-8,10-11H2,1-2H3/b6-4-/t13-/m0/s1. The summed E-state index contributed by atoms with van der Waals surface area (Å²) < 4.78 is 61.8. The van der Waals surface area contributed by atoms with Crippen molar-refractivity contribution in [3.8, 4) is 11.5 Å². The van der Waals surface area contributed by atoms with Crippen LogP contribution in [0.15, 0.2) is 24.3 Å². The van der Waals surface area contributed by atoms with E-state index in [1.807, 2.05) is 0 Å². The van der Waals surface area contributed by atoms with Crippen molar-refractivity contribution in [2.24, 2.45) is 0 Å². The van der Waals surface area contributed by atoms with Crippen LogP contribution in [0.25, 0.3) is 6.08 Å². The number of halogens is 2. The molecule has 0 spiro atoms. The van der Waals surface area contributed by atoms with Crippen LogP contribution < -0.4 is 9.47 Å². The van der Waals surface area contributed by atoms with E-state index in [4.69, 9.17) is 9.47 Å². The molecule has 160 valence electrons. The van der Waals surface area contributed by atoms with Crippen LogP contribution in [0.2, 0.25) is 0 Å². The minimum absolute atomic E-state index is 0.0302. The van der Waals surface area contributed by atoms with Crippen molar-refractivity contribution in [3.05, 3.63) is 29.8 Å². The Morgan fingerprint density at radius 3 is 2.62 bits per heavy atom. The van der Waals surface area contributed by atoms with Gasteiger partial charge in [0.15, 0.2) is 27.9 Å². The van der Waals surface area contributed by atoms with Crippen molar-refractivity contribution in [1.29, 1.82) is 0 Å². The molecule has 1 aromatic carbocycles. The Kier molecular flexibility index (Phi) is 7.54. The first-order valence-electron chi connectivity index (χ1n) is 8.55. The summed E-state index contributed by atoms with van der Waals surface area (Å²) in [5.41, 5.74) is 0.458. The van der Waals surface area contributed by atoms with E-state index in [0.29, 0.717) is 12.0 Å². The third-order valence-electron chi connectivity index (χ3n) is 4.30. The highest BCUT2D eigenvalue weighted by atomic mass is 32.2. The monoisotopic (exact) mass is 433 g/mol. The summed E-state index contributed by atoms with van der Waals surface area (Å²) in [5.74, 6) is -1.46. The Hall–Kier alpha value is -2.69. The number of sulfone groups is 1. The second-order valence-corrected chi connectivity index (χ2v) is 8.52. The van der Waals surface area contributed by atoms with Crippen LogP contribution in [0.1, 0.15) is 12.0 Å². The number of amides is 1. The summed E-state index contributed by atoms with van der Waals surface area (Å²) in [4.78, 5) is 25.1. The molecular formula is C18H21F2NO7S. The fourth-order valence-corrected chi connectivity index (χ4v) is 4.49. The largest absolute Gasteiger partial charge is 0.493 e. The summed E-state index contributed by atoms with van der Waals surface area (Å²) >= 11 is 0. The van der Waals surface area contributed by atoms with Gasteiger partial charge in [-0.3, -0.25) is 4.79 Å². The van der Waals surface area contributed by atoms with E-state index >= 15 is 0 Å². The van der Waals surface area contributed by atoms with Crippen molar-refractivity contribution in [1.82, 2.24) is 4.90 Å². The molecule has 1 aromatic rings. The zero-order valence-corrected chi connectivity index (χ0v) is 16.7. The lowest BCUT2D eigenvalue weighted by Gasteiger charge is -2.22. The molecule has 0 bridgehead atoms. The van der Waals surface area contributed by atoms with E-state index in [9.17, 15) is 26.8 Å². The van der Waals surface area contributed by atoms with Gasteiger partial charge in [-0.05, 0) is 30.2 Å². The van der Waals surface area contributed by atoms with Crippen molar-refractivity contribution in [2.75, 3.05) is 32.3 Å². The first-order valence-corrected chi connectivity index (χ1v) is 10.4. The predicted molar refractivity (Wildman–Crippen MR) is 99.4 cm³/mol. The molecule has 1 amide bonds. The molecule has 0 saturated carbocycles. The van der Waals surface area contributed by atoms with E-state index in [1.54, 1.807) is 0 Å². The van der Waals surface area contributed by atoms with Gasteiger partial charge in [0.05, 0.1) is 18.6 Å². The van der Waals surface area contributed by atoms with Crippen LogP contribution in [-0.4, -0.2) is 70.1 Å². The van der Waals surface area contributed by atoms with Crippen LogP contribution in [0.3, 0.4) is 0 Å². The predicted octanol–water partition coefficient (Wildman–Crippen LogP) is 1.50. The van der Waals surface area contributed by atoms with Gasteiger partial charge < -0.3 is 19.1 Å². The van der Waals surface area contributed by atoms with Gasteiger partial charge in [0.1, 0.15) is 0 Å². The highest BCUT2D eigenvalue weighted by Gasteiger charge is 2.32. The van der Waals surface area contributed by atoms with Crippen LogP contribution >= 0.6 is 0 Å². The van der Waals surface area contributed by atoms with E-state index in [-0.39, 0.29) is 23.0 Å². The molecule has 8 nitrogen and oxygen atoms in total. The molecular weight excluding hydrogens is 412 g/mol. The van der Waals surface area contributed by atoms with E-state index < -0.39 is 41.0 Å². The van der Waals surface area contributed by atoms with Gasteiger partial charge in [0.2, 0.25) is 0 Å². The van der Waals surface area contributed by atoms with Crippen LogP contribution in [0.5, 0.6) is 11.5 Å². The summed E-state index contributed by atoms with van der Waals surface area (Å²) in [7, 11) is -0.384. The van der Waals surface area contributed by atoms with Gasteiger partial charge in [-0.15, -0.1) is 0 Å². The number of carbonyl (C=O) groups excluding carboxylic acids is 2. The maximum atomic E-state index is 12.3. The van der Waals surface area contributed by atoms with Crippen LogP contribution in [0, 0.1) is 0 Å². The van der Waals surface area contributed by atoms with Gasteiger partial charge >= 0.3 is 12.6 Å². The normalized spacial score (nSPS) is 18.0. The molecule has 2 rings (SSSR count). The van der Waals surface area contributed by atoms with Gasteiger partial charge in [-0.25, -0.2) is 13.2 Å². The Morgan fingerprint density at radius 2 is 2.03 bits per heavy atom. The number of rotatable bonds is 8. The quantitative estimate of drug-likeness (QED) is 0.453. The van der Waals surface area contributed by atoms with Gasteiger partial charge in [0.25, 0.3) is 5.91 Å². The number of methoxy groups -OCH3 is 1. The highest BCUT2D eigenvalue weighted by molar-refractivity contribution is 7.91. The van der Waals surface area contributed by atoms with Crippen LogP contribution in [-0.2, 0) is 24.2 Å². The molecule has 0 radical (unpaired) electrons. The van der Waals surface area contributed by atoms with Gasteiger partial charge in [-0.1, -0.05) is 6.07 Å². The lowest BCUT2D eigenvalue weighted by molar-refractivity contribution is -0.148. The summed E-state index contributed by atoms with van der Waals surface area (Å²) in [6.45, 7) is -3.53. The topological polar surface area (TPSA) is 99.2 Å². The molecule has 0 aromatic heterocycles. The number of likely N-dealkylation sites (N-methyl/N-ethyl adjacent to an activating group) is 1. The average molecular weight is 433 g/mol. The first-order chi connectivity index (χ1) is 13.6. The van der Waals surface area contributed by atoms with E-state index in [2.05, 4.69) is 4.74 Å². The second kappa shape index (κ2) is 9.68. The maximum Gasteiger partial charge on any atom is 0.387 e. The van der Waals surface area contributed by atoms with E-state index in [0.717, 1.165) is 6.08 Å². The molecule has 0 aliphatic carbocycles. The lowest BCUT2D eigenvalue weighted by atomic mass is 10.2. The first kappa shape index (κ1) is 22.6. The SMILES string of the molecule is COc1cc(/C=C\C(=O)OCC(=O)N(C)[C@H]2CCS(=O)(=O)C2)ccc1OC(F)F. The van der Waals surface area contributed by atoms with Crippen molar-refractivity contribution >= 4 is 27.8 Å². The molecule has 29 heavy (non-hydrogen) atoms. The zero-order chi connectivity index (χ0) is 21.6. The fourth-order valence-electron chi connectivity index (χ4n) is 2.71. The zero-order valence-electron chi connectivity index (χ0n) is 15.8. The second-order valence-electron chi connectivity index (χ2n) is 6.29. The number of alkyl halides is 2. The average Bonchev–Trinajstić information content (AvgIpc) is 3.03. The van der Waals surface area contributed by atoms with Crippen LogP contribution in [0.4, 0.5) is 8.78 Å². The van der Waals surface area contributed by atoms with Crippen molar-refractivity contribution < 1.29 is 41.0 Å². The maximum absolute atomic E-state index is 12.3. The minimum Gasteiger partial charge on any atom is -0.493 e. The Balaban J connectivity index is 1.88. The smallest absolute Gasteiger partial charge is 0.387 e. The number of carbonyl (C=O) groups is 2. The molecule has 0 N–H and O–H groups in total. The van der Waals surface area contributed by atoms with Crippen molar-refractivity contribution in [3.63, 3.8) is 0 Å². The number of ether oxygens (including phenoxy) is 3. The molecule has 1 heterocycles. The summed E-state index contributed by atoms with van der Waals surface area (Å²) in [5, 5.41) is 0. The fraction of sp³-hybridized carbons (Fsp3) is 0.444. The molecule has 0 unspecified atom stereocenters. The Labute approximate surface area is 166 Å². The number of nitrogens with zero attached hydrogens (tertiary/aromatic N) is 1. The third kappa shape index (κ3) is 6.70. The third-order valence-corrected chi connectivity index (χ3v) is 6.05. The van der Waals surface area contributed by atoms with Crippen molar-refractivity contribution in [2.45, 2.75) is 19.1 Å². The number of hydrogen-bond donors (Lipinski definition) is 0. The highest BCUT2D eigenvalue weighted by Crippen LogP contribution is 2.29. The lowest BCUT2D eigenvalue weighted by Crippen LogP contribution is -2.40. The summed E-state index contributed by atoms with van der Waals surface area (Å²) in [6, 6.07) is 3.66. The molecule has 1 aliphatic heterocycles. The Morgan fingerprint density at radius 1 is 1.31 bits per heavy atom. The number of hydrogen-bond acceptors (Lipinski definition) is 7. The van der Waals surface area contributed by atoms with E-state index in [1.165, 1.54) is 43.3 Å². The molecule has 1 saturated heterocycles. The van der Waals surface area contributed by atoms with Gasteiger partial charge in [-0.2, -0.15) is 8.78 Å². The summed E-state index contributed by atoms with van der Waals surface area (Å²) in [6.07, 6.45) is 2.77. The molecule has 1 fully saturated rings. The number of benzene rings is 1. The Bertz CT molecular complexity index is 886. The minimum atomic E-state index is -3.13. The van der Waals surface area contributed by atoms with Gasteiger partial charge in [0, 0.05) is 19.2 Å². The molecule has 1 aliphatic rings. The molecule has 1 atom stereocenters. The molecule has 11 heteroatoms.